The Balaban J connectivity index is 2.13. The van der Waals surface area contributed by atoms with Crippen LogP contribution in [0.1, 0.15) is 44.7 Å². The summed E-state index contributed by atoms with van der Waals surface area (Å²) in [7, 11) is 0. The molecule has 100 valence electrons. The fraction of sp³-hybridized carbons (Fsp3) is 0.600. The van der Waals surface area contributed by atoms with E-state index in [9.17, 15) is 4.39 Å². The minimum Gasteiger partial charge on any atom is -0.324 e. The summed E-state index contributed by atoms with van der Waals surface area (Å²) in [4.78, 5) is 0. The lowest BCUT2D eigenvalue weighted by molar-refractivity contribution is 0.184. The first kappa shape index (κ1) is 14.0. The average Bonchev–Trinajstić information content (AvgIpc) is 2.32. The fourth-order valence-corrected chi connectivity index (χ4v) is 3.27. The van der Waals surface area contributed by atoms with Crippen LogP contribution < -0.4 is 5.73 Å². The molecule has 0 amide bonds. The van der Waals surface area contributed by atoms with Crippen LogP contribution in [0.3, 0.4) is 0 Å². The Morgan fingerprint density at radius 2 is 2.00 bits per heavy atom. The molecule has 1 aromatic carbocycles. The van der Waals surface area contributed by atoms with Gasteiger partial charge in [-0.15, -0.1) is 0 Å². The van der Waals surface area contributed by atoms with Gasteiger partial charge in [0.2, 0.25) is 0 Å². The standard InChI is InChI=1S/C15H21BrFN/c1-9-3-4-11(7-10(9)2)15(18)13-6-5-12(16)8-14(13)17/h5-6,8-11,15H,3-4,7,18H2,1-2H3. The summed E-state index contributed by atoms with van der Waals surface area (Å²) in [6.07, 6.45) is 3.43. The quantitative estimate of drug-likeness (QED) is 0.844. The van der Waals surface area contributed by atoms with Crippen LogP contribution in [0, 0.1) is 23.6 Å². The summed E-state index contributed by atoms with van der Waals surface area (Å²) in [6, 6.07) is 5.01. The molecule has 0 heterocycles. The Morgan fingerprint density at radius 1 is 1.28 bits per heavy atom. The number of hydrogen-bond acceptors (Lipinski definition) is 1. The van der Waals surface area contributed by atoms with Crippen LogP contribution in [0.25, 0.3) is 0 Å². The zero-order chi connectivity index (χ0) is 13.3. The summed E-state index contributed by atoms with van der Waals surface area (Å²) in [5, 5.41) is 0. The van der Waals surface area contributed by atoms with Gasteiger partial charge in [-0.1, -0.05) is 42.3 Å². The van der Waals surface area contributed by atoms with Gasteiger partial charge in [0.25, 0.3) is 0 Å². The monoisotopic (exact) mass is 313 g/mol. The molecule has 4 unspecified atom stereocenters. The van der Waals surface area contributed by atoms with Crippen LogP contribution in [-0.4, -0.2) is 0 Å². The van der Waals surface area contributed by atoms with Crippen molar-refractivity contribution in [3.63, 3.8) is 0 Å². The van der Waals surface area contributed by atoms with Crippen molar-refractivity contribution in [1.29, 1.82) is 0 Å². The van der Waals surface area contributed by atoms with Crippen molar-refractivity contribution in [3.8, 4) is 0 Å². The maximum absolute atomic E-state index is 13.9. The van der Waals surface area contributed by atoms with Crippen LogP contribution >= 0.6 is 15.9 Å². The van der Waals surface area contributed by atoms with E-state index in [2.05, 4.69) is 29.8 Å². The average molecular weight is 314 g/mol. The molecule has 4 atom stereocenters. The second kappa shape index (κ2) is 5.70. The molecule has 1 aromatic rings. The fourth-order valence-electron chi connectivity index (χ4n) is 2.94. The Hall–Kier alpha value is -0.410. The third-order valence-electron chi connectivity index (χ3n) is 4.47. The molecule has 1 nitrogen and oxygen atoms in total. The first-order chi connectivity index (χ1) is 8.49. The van der Waals surface area contributed by atoms with E-state index in [1.165, 1.54) is 12.5 Å². The minimum absolute atomic E-state index is 0.173. The Kier molecular flexibility index (Phi) is 4.44. The van der Waals surface area contributed by atoms with Gasteiger partial charge in [0.15, 0.2) is 0 Å². The molecule has 1 saturated carbocycles. The van der Waals surface area contributed by atoms with Crippen LogP contribution in [0.2, 0.25) is 0 Å². The molecule has 0 saturated heterocycles. The lowest BCUT2D eigenvalue weighted by Gasteiger charge is -2.35. The largest absolute Gasteiger partial charge is 0.324 e. The number of rotatable bonds is 2. The third kappa shape index (κ3) is 2.94. The predicted molar refractivity (Wildman–Crippen MR) is 76.7 cm³/mol. The molecule has 0 aliphatic heterocycles. The van der Waals surface area contributed by atoms with Gasteiger partial charge in [-0.05, 0) is 42.7 Å². The highest BCUT2D eigenvalue weighted by Gasteiger charge is 2.30. The lowest BCUT2D eigenvalue weighted by Crippen LogP contribution is -2.30. The van der Waals surface area contributed by atoms with Crippen molar-refractivity contribution in [1.82, 2.24) is 0 Å². The Labute approximate surface area is 117 Å². The van der Waals surface area contributed by atoms with E-state index in [4.69, 9.17) is 5.73 Å². The van der Waals surface area contributed by atoms with Gasteiger partial charge in [0.05, 0.1) is 0 Å². The summed E-state index contributed by atoms with van der Waals surface area (Å²) >= 11 is 3.28. The van der Waals surface area contributed by atoms with Crippen LogP contribution in [0.4, 0.5) is 4.39 Å². The van der Waals surface area contributed by atoms with Gasteiger partial charge >= 0.3 is 0 Å². The normalized spacial score (nSPS) is 30.2. The Bertz CT molecular complexity index is 421. The van der Waals surface area contributed by atoms with Crippen LogP contribution in [0.15, 0.2) is 22.7 Å². The molecular weight excluding hydrogens is 293 g/mol. The molecule has 0 bridgehead atoms. The Morgan fingerprint density at radius 3 is 2.61 bits per heavy atom. The molecule has 3 heteroatoms. The van der Waals surface area contributed by atoms with E-state index < -0.39 is 0 Å². The second-order valence-electron chi connectivity index (χ2n) is 5.72. The van der Waals surface area contributed by atoms with E-state index >= 15 is 0 Å². The van der Waals surface area contributed by atoms with E-state index in [0.717, 1.165) is 23.2 Å². The van der Waals surface area contributed by atoms with Gasteiger partial charge in [-0.3, -0.25) is 0 Å². The van der Waals surface area contributed by atoms with E-state index in [-0.39, 0.29) is 11.9 Å². The number of benzene rings is 1. The highest BCUT2D eigenvalue weighted by Crippen LogP contribution is 2.39. The SMILES string of the molecule is CC1CCC(C(N)c2ccc(Br)cc2F)CC1C. The van der Waals surface area contributed by atoms with Gasteiger partial charge < -0.3 is 5.73 Å². The highest BCUT2D eigenvalue weighted by atomic mass is 79.9. The van der Waals surface area contributed by atoms with Gasteiger partial charge in [-0.25, -0.2) is 4.39 Å². The highest BCUT2D eigenvalue weighted by molar-refractivity contribution is 9.10. The molecular formula is C15H21BrFN. The van der Waals surface area contributed by atoms with Crippen molar-refractivity contribution in [3.05, 3.63) is 34.1 Å². The predicted octanol–water partition coefficient (Wildman–Crippen LogP) is 4.66. The van der Waals surface area contributed by atoms with Crippen molar-refractivity contribution < 1.29 is 4.39 Å². The van der Waals surface area contributed by atoms with Crippen molar-refractivity contribution in [2.24, 2.45) is 23.5 Å². The maximum Gasteiger partial charge on any atom is 0.129 e. The maximum atomic E-state index is 13.9. The number of nitrogens with two attached hydrogens (primary N) is 1. The van der Waals surface area contributed by atoms with Gasteiger partial charge in [-0.2, -0.15) is 0 Å². The first-order valence-corrected chi connectivity index (χ1v) is 7.49. The molecule has 1 aliphatic carbocycles. The molecule has 0 radical (unpaired) electrons. The van der Waals surface area contributed by atoms with E-state index in [1.807, 2.05) is 12.1 Å². The number of halogens is 2. The van der Waals surface area contributed by atoms with Crippen molar-refractivity contribution >= 4 is 15.9 Å². The van der Waals surface area contributed by atoms with Gasteiger partial charge in [0, 0.05) is 16.1 Å². The second-order valence-corrected chi connectivity index (χ2v) is 6.63. The summed E-state index contributed by atoms with van der Waals surface area (Å²) < 4.78 is 14.7. The summed E-state index contributed by atoms with van der Waals surface area (Å²) in [6.45, 7) is 4.58. The zero-order valence-corrected chi connectivity index (χ0v) is 12.6. The van der Waals surface area contributed by atoms with E-state index in [0.29, 0.717) is 17.4 Å². The topological polar surface area (TPSA) is 26.0 Å². The summed E-state index contributed by atoms with van der Waals surface area (Å²) in [5.41, 5.74) is 6.93. The molecule has 1 fully saturated rings. The molecule has 2 N–H and O–H groups in total. The molecule has 2 rings (SSSR count). The molecule has 1 aliphatic rings. The molecule has 0 aromatic heterocycles. The number of hydrogen-bond donors (Lipinski definition) is 1. The third-order valence-corrected chi connectivity index (χ3v) is 4.96. The van der Waals surface area contributed by atoms with Crippen molar-refractivity contribution in [2.75, 3.05) is 0 Å². The van der Waals surface area contributed by atoms with Crippen molar-refractivity contribution in [2.45, 2.75) is 39.2 Å². The van der Waals surface area contributed by atoms with Crippen LogP contribution in [0.5, 0.6) is 0 Å². The minimum atomic E-state index is -0.192. The lowest BCUT2D eigenvalue weighted by atomic mass is 9.72. The summed E-state index contributed by atoms with van der Waals surface area (Å²) in [5.74, 6) is 1.67. The zero-order valence-electron chi connectivity index (χ0n) is 11.0. The molecule has 0 spiro atoms. The molecule has 18 heavy (non-hydrogen) atoms. The van der Waals surface area contributed by atoms with Gasteiger partial charge in [0.1, 0.15) is 5.82 Å². The smallest absolute Gasteiger partial charge is 0.129 e. The van der Waals surface area contributed by atoms with E-state index in [1.54, 1.807) is 0 Å². The first-order valence-electron chi connectivity index (χ1n) is 6.69. The van der Waals surface area contributed by atoms with Crippen LogP contribution in [-0.2, 0) is 0 Å².